The zero-order valence-electron chi connectivity index (χ0n) is 14.6. The van der Waals surface area contributed by atoms with Crippen molar-refractivity contribution in [3.05, 3.63) is 57.6 Å². The van der Waals surface area contributed by atoms with Crippen LogP contribution in [0.4, 0.5) is 18.0 Å². The molecule has 1 saturated heterocycles. The van der Waals surface area contributed by atoms with Crippen LogP contribution in [0.15, 0.2) is 39.6 Å². The Balaban J connectivity index is 1.83. The molecule has 1 amide bonds. The van der Waals surface area contributed by atoms with Crippen molar-refractivity contribution in [2.75, 3.05) is 13.7 Å². The maximum atomic E-state index is 13.0. The lowest BCUT2D eigenvalue weighted by molar-refractivity contribution is -0.137. The van der Waals surface area contributed by atoms with Crippen LogP contribution in [0.3, 0.4) is 0 Å². The summed E-state index contributed by atoms with van der Waals surface area (Å²) in [6.07, 6.45) is -3.70. The minimum atomic E-state index is -4.43. The zero-order valence-corrected chi connectivity index (χ0v) is 14.6. The Bertz CT molecular complexity index is 859. The van der Waals surface area contributed by atoms with E-state index in [9.17, 15) is 22.8 Å². The Hall–Kier alpha value is -2.71. The number of aromatic amines is 1. The van der Waals surface area contributed by atoms with E-state index < -0.39 is 17.8 Å². The quantitative estimate of drug-likeness (QED) is 0.878. The lowest BCUT2D eigenvalue weighted by Crippen LogP contribution is -2.46. The van der Waals surface area contributed by atoms with E-state index >= 15 is 0 Å². The Morgan fingerprint density at radius 2 is 2.15 bits per heavy atom. The third-order valence-corrected chi connectivity index (χ3v) is 4.80. The summed E-state index contributed by atoms with van der Waals surface area (Å²) in [5.41, 5.74) is -0.608. The second kappa shape index (κ2) is 7.50. The largest absolute Gasteiger partial charge is 0.453 e. The number of aromatic nitrogens is 1. The number of hydrogen-bond acceptors (Lipinski definition) is 4. The van der Waals surface area contributed by atoms with Crippen molar-refractivity contribution in [1.82, 2.24) is 10.1 Å². The number of halogens is 3. The number of piperidine rings is 1. The molecule has 1 aliphatic rings. The summed E-state index contributed by atoms with van der Waals surface area (Å²) >= 11 is 0. The zero-order chi connectivity index (χ0) is 19.6. The molecule has 1 N–H and O–H groups in total. The van der Waals surface area contributed by atoms with Crippen LogP contribution in [0.25, 0.3) is 0 Å². The molecular weight excluding hydrogens is 365 g/mol. The summed E-state index contributed by atoms with van der Waals surface area (Å²) in [4.78, 5) is 24.9. The Labute approximate surface area is 152 Å². The third kappa shape index (κ3) is 4.35. The monoisotopic (exact) mass is 384 g/mol. The van der Waals surface area contributed by atoms with Gasteiger partial charge in [0.2, 0.25) is 0 Å². The van der Waals surface area contributed by atoms with Gasteiger partial charge in [-0.05, 0) is 30.9 Å². The highest BCUT2D eigenvalue weighted by Crippen LogP contribution is 2.34. The average molecular weight is 384 g/mol. The van der Waals surface area contributed by atoms with Crippen molar-refractivity contribution in [1.29, 1.82) is 0 Å². The van der Waals surface area contributed by atoms with Gasteiger partial charge in [0, 0.05) is 24.6 Å². The molecule has 2 aromatic rings. The van der Waals surface area contributed by atoms with Gasteiger partial charge in [-0.15, -0.1) is 0 Å². The number of nitrogens with zero attached hydrogens (tertiary/aromatic N) is 1. The standard InChI is InChI=1S/C18H19F3N2O4/c1-26-17(25)23-6-5-12(15-10-16(24)22-27-15)9-14(23)8-11-3-2-4-13(7-11)18(19,20)21/h2-4,7,10,12,14H,5-6,8-9H2,1H3,(H,22,24)/t12-,14+/m1/s1. The molecule has 1 aromatic carbocycles. The highest BCUT2D eigenvalue weighted by molar-refractivity contribution is 5.68. The van der Waals surface area contributed by atoms with E-state index in [2.05, 4.69) is 5.16 Å². The summed E-state index contributed by atoms with van der Waals surface area (Å²) < 4.78 is 48.9. The Kier molecular flexibility index (Phi) is 5.29. The van der Waals surface area contributed by atoms with Gasteiger partial charge in [0.05, 0.1) is 12.7 Å². The predicted molar refractivity (Wildman–Crippen MR) is 89.4 cm³/mol. The summed E-state index contributed by atoms with van der Waals surface area (Å²) in [6.45, 7) is 0.357. The van der Waals surface area contributed by atoms with Gasteiger partial charge in [-0.1, -0.05) is 18.2 Å². The number of H-pyrrole nitrogens is 1. The van der Waals surface area contributed by atoms with E-state index in [1.165, 1.54) is 24.1 Å². The fourth-order valence-corrected chi connectivity index (χ4v) is 3.51. The van der Waals surface area contributed by atoms with Gasteiger partial charge in [-0.2, -0.15) is 18.3 Å². The molecule has 3 rings (SSSR count). The van der Waals surface area contributed by atoms with E-state index in [0.29, 0.717) is 30.7 Å². The maximum absolute atomic E-state index is 13.0. The van der Waals surface area contributed by atoms with Gasteiger partial charge >= 0.3 is 12.3 Å². The molecule has 0 aliphatic carbocycles. The number of benzene rings is 1. The Morgan fingerprint density at radius 3 is 2.78 bits per heavy atom. The Morgan fingerprint density at radius 1 is 1.37 bits per heavy atom. The number of nitrogens with one attached hydrogen (secondary N) is 1. The van der Waals surface area contributed by atoms with E-state index in [-0.39, 0.29) is 23.9 Å². The molecule has 1 aliphatic heterocycles. The number of ether oxygens (including phenoxy) is 1. The van der Waals surface area contributed by atoms with Crippen LogP contribution in [0, 0.1) is 0 Å². The van der Waals surface area contributed by atoms with Crippen LogP contribution in [-0.4, -0.2) is 35.8 Å². The lowest BCUT2D eigenvalue weighted by atomic mass is 9.86. The van der Waals surface area contributed by atoms with Crippen LogP contribution in [0.1, 0.15) is 35.6 Å². The summed E-state index contributed by atoms with van der Waals surface area (Å²) in [5.74, 6) is 0.374. The maximum Gasteiger partial charge on any atom is 0.416 e. The molecule has 0 bridgehead atoms. The van der Waals surface area contributed by atoms with E-state index in [4.69, 9.17) is 9.26 Å². The minimum absolute atomic E-state index is 0.111. The van der Waals surface area contributed by atoms with E-state index in [0.717, 1.165) is 12.1 Å². The fourth-order valence-electron chi connectivity index (χ4n) is 3.51. The number of carbonyl (C=O) groups excluding carboxylic acids is 1. The SMILES string of the molecule is COC(=O)N1CC[C@@H](c2cc(=O)[nH]o2)C[C@@H]1Cc1cccc(C(F)(F)F)c1. The van der Waals surface area contributed by atoms with Crippen molar-refractivity contribution in [2.24, 2.45) is 0 Å². The first-order valence-corrected chi connectivity index (χ1v) is 8.47. The molecule has 1 fully saturated rings. The molecule has 0 spiro atoms. The molecule has 0 unspecified atom stereocenters. The second-order valence-corrected chi connectivity index (χ2v) is 6.56. The van der Waals surface area contributed by atoms with Gasteiger partial charge in [0.25, 0.3) is 5.56 Å². The average Bonchev–Trinajstić information content (AvgIpc) is 3.07. The number of rotatable bonds is 3. The van der Waals surface area contributed by atoms with E-state index in [1.54, 1.807) is 6.07 Å². The first-order valence-electron chi connectivity index (χ1n) is 8.47. The number of amides is 1. The molecule has 2 heterocycles. The van der Waals surface area contributed by atoms with Gasteiger partial charge in [-0.25, -0.2) is 4.79 Å². The minimum Gasteiger partial charge on any atom is -0.453 e. The number of alkyl halides is 3. The topological polar surface area (TPSA) is 75.5 Å². The molecule has 1 aromatic heterocycles. The van der Waals surface area contributed by atoms with Gasteiger partial charge in [0.15, 0.2) is 0 Å². The van der Waals surface area contributed by atoms with E-state index in [1.807, 2.05) is 0 Å². The number of methoxy groups -OCH3 is 1. The number of hydrogen-bond donors (Lipinski definition) is 1. The van der Waals surface area contributed by atoms with Crippen LogP contribution in [0.5, 0.6) is 0 Å². The first kappa shape index (κ1) is 19.1. The van der Waals surface area contributed by atoms with Crippen molar-refractivity contribution in [3.8, 4) is 0 Å². The molecule has 27 heavy (non-hydrogen) atoms. The van der Waals surface area contributed by atoms with Crippen molar-refractivity contribution >= 4 is 6.09 Å². The summed E-state index contributed by atoms with van der Waals surface area (Å²) in [6, 6.07) is 6.05. The van der Waals surface area contributed by atoms with Crippen LogP contribution in [0.2, 0.25) is 0 Å². The van der Waals surface area contributed by atoms with Crippen molar-refractivity contribution in [3.63, 3.8) is 0 Å². The molecule has 0 radical (unpaired) electrons. The lowest BCUT2D eigenvalue weighted by Gasteiger charge is -2.38. The molecule has 0 saturated carbocycles. The number of carbonyl (C=O) groups is 1. The van der Waals surface area contributed by atoms with Crippen LogP contribution >= 0.6 is 0 Å². The molecular formula is C18H19F3N2O4. The molecule has 146 valence electrons. The smallest absolute Gasteiger partial charge is 0.416 e. The molecule has 6 nitrogen and oxygen atoms in total. The predicted octanol–water partition coefficient (Wildman–Crippen LogP) is 3.54. The van der Waals surface area contributed by atoms with Crippen molar-refractivity contribution in [2.45, 2.75) is 37.4 Å². The molecule has 2 atom stereocenters. The highest BCUT2D eigenvalue weighted by atomic mass is 19.4. The summed E-state index contributed by atoms with van der Waals surface area (Å²) in [7, 11) is 1.26. The normalized spacial score (nSPS) is 20.5. The first-order chi connectivity index (χ1) is 12.8. The van der Waals surface area contributed by atoms with Crippen LogP contribution in [-0.2, 0) is 17.3 Å². The fraction of sp³-hybridized carbons (Fsp3) is 0.444. The number of likely N-dealkylation sites (tertiary alicyclic amines) is 1. The van der Waals surface area contributed by atoms with Gasteiger partial charge < -0.3 is 14.2 Å². The van der Waals surface area contributed by atoms with Gasteiger partial charge in [0.1, 0.15) is 5.76 Å². The summed E-state index contributed by atoms with van der Waals surface area (Å²) in [5, 5.41) is 2.24. The second-order valence-electron chi connectivity index (χ2n) is 6.56. The third-order valence-electron chi connectivity index (χ3n) is 4.80. The van der Waals surface area contributed by atoms with Crippen LogP contribution < -0.4 is 5.56 Å². The van der Waals surface area contributed by atoms with Gasteiger partial charge in [-0.3, -0.25) is 4.79 Å². The highest BCUT2D eigenvalue weighted by Gasteiger charge is 2.35. The molecule has 9 heteroatoms. The van der Waals surface area contributed by atoms with Crippen molar-refractivity contribution < 1.29 is 27.2 Å².